The molecule has 0 spiro atoms. The average molecular weight is 305 g/mol. The van der Waals surface area contributed by atoms with E-state index >= 15 is 0 Å². The summed E-state index contributed by atoms with van der Waals surface area (Å²) in [6.45, 7) is 6.82. The molecule has 0 bridgehead atoms. The summed E-state index contributed by atoms with van der Waals surface area (Å²) in [5.41, 5.74) is 0. The summed E-state index contributed by atoms with van der Waals surface area (Å²) >= 11 is 0. The summed E-state index contributed by atoms with van der Waals surface area (Å²) < 4.78 is 28.3. The zero-order valence-electron chi connectivity index (χ0n) is 12.5. The minimum absolute atomic E-state index is 0.0289. The fraction of sp³-hybridized carbons (Fsp3) is 0.923. The van der Waals surface area contributed by atoms with Crippen molar-refractivity contribution in [2.24, 2.45) is 4.99 Å². The molecule has 1 atom stereocenters. The van der Waals surface area contributed by atoms with E-state index in [1.54, 1.807) is 0 Å². The van der Waals surface area contributed by atoms with Gasteiger partial charge < -0.3 is 15.4 Å². The molecule has 0 saturated carbocycles. The van der Waals surface area contributed by atoms with Crippen LogP contribution in [0.5, 0.6) is 0 Å². The predicted molar refractivity (Wildman–Crippen MR) is 81.9 cm³/mol. The van der Waals surface area contributed by atoms with Gasteiger partial charge in [-0.1, -0.05) is 13.3 Å². The predicted octanol–water partition coefficient (Wildman–Crippen LogP) is 0.545. The standard InChI is InChI=1S/C13H27N3O3S/c1-3-5-8-19-9-7-15-13(14-4-2)16-12-6-10-20(17,18)11-12/h12H,3-11H2,1-2H3,(H2,14,15,16). The number of hydrogen-bond acceptors (Lipinski definition) is 4. The van der Waals surface area contributed by atoms with Crippen LogP contribution in [0.25, 0.3) is 0 Å². The van der Waals surface area contributed by atoms with E-state index in [1.165, 1.54) is 0 Å². The van der Waals surface area contributed by atoms with Gasteiger partial charge in [0.25, 0.3) is 0 Å². The number of nitrogens with one attached hydrogen (secondary N) is 2. The fourth-order valence-electron chi connectivity index (χ4n) is 1.99. The molecule has 0 aromatic carbocycles. The van der Waals surface area contributed by atoms with Crippen LogP contribution in [0, 0.1) is 0 Å². The summed E-state index contributed by atoms with van der Waals surface area (Å²) in [6.07, 6.45) is 2.85. The van der Waals surface area contributed by atoms with Gasteiger partial charge in [0.15, 0.2) is 15.8 Å². The van der Waals surface area contributed by atoms with Gasteiger partial charge in [-0.25, -0.2) is 8.42 Å². The van der Waals surface area contributed by atoms with Crippen LogP contribution >= 0.6 is 0 Å². The highest BCUT2D eigenvalue weighted by Crippen LogP contribution is 2.10. The van der Waals surface area contributed by atoms with E-state index in [-0.39, 0.29) is 17.5 Å². The molecule has 118 valence electrons. The van der Waals surface area contributed by atoms with Gasteiger partial charge in [-0.3, -0.25) is 4.99 Å². The molecule has 1 aliphatic heterocycles. The van der Waals surface area contributed by atoms with Gasteiger partial charge in [-0.05, 0) is 19.8 Å². The van der Waals surface area contributed by atoms with Crippen molar-refractivity contribution in [1.82, 2.24) is 10.6 Å². The first-order valence-electron chi connectivity index (χ1n) is 7.40. The SMILES string of the molecule is CCCCOCCN=C(NCC)NC1CCS(=O)(=O)C1. The van der Waals surface area contributed by atoms with E-state index in [2.05, 4.69) is 22.5 Å². The van der Waals surface area contributed by atoms with Crippen LogP contribution in [0.4, 0.5) is 0 Å². The smallest absolute Gasteiger partial charge is 0.191 e. The Morgan fingerprint density at radius 1 is 1.35 bits per heavy atom. The van der Waals surface area contributed by atoms with Crippen molar-refractivity contribution in [3.8, 4) is 0 Å². The van der Waals surface area contributed by atoms with E-state index in [0.717, 1.165) is 26.0 Å². The third-order valence-electron chi connectivity index (χ3n) is 3.07. The Morgan fingerprint density at radius 3 is 2.75 bits per heavy atom. The maximum atomic E-state index is 11.4. The number of ether oxygens (including phenoxy) is 1. The number of hydrogen-bond donors (Lipinski definition) is 2. The van der Waals surface area contributed by atoms with Crippen molar-refractivity contribution < 1.29 is 13.2 Å². The van der Waals surface area contributed by atoms with Crippen LogP contribution in [-0.4, -0.2) is 58.2 Å². The number of unbranched alkanes of at least 4 members (excludes halogenated alkanes) is 1. The summed E-state index contributed by atoms with van der Waals surface area (Å²) in [5.74, 6) is 1.14. The van der Waals surface area contributed by atoms with E-state index in [1.807, 2.05) is 6.92 Å². The minimum atomic E-state index is -2.86. The Kier molecular flexibility index (Phi) is 7.91. The first-order chi connectivity index (χ1) is 9.57. The number of rotatable bonds is 8. The van der Waals surface area contributed by atoms with Crippen molar-refractivity contribution >= 4 is 15.8 Å². The van der Waals surface area contributed by atoms with Crippen LogP contribution in [0.2, 0.25) is 0 Å². The Hall–Kier alpha value is -0.820. The normalized spacial score (nSPS) is 21.9. The third kappa shape index (κ3) is 7.09. The van der Waals surface area contributed by atoms with Gasteiger partial charge in [-0.2, -0.15) is 0 Å². The molecule has 1 aliphatic rings. The van der Waals surface area contributed by atoms with Gasteiger partial charge in [0, 0.05) is 19.2 Å². The van der Waals surface area contributed by atoms with Gasteiger partial charge >= 0.3 is 0 Å². The Bertz CT molecular complexity index is 396. The van der Waals surface area contributed by atoms with Crippen molar-refractivity contribution in [1.29, 1.82) is 0 Å². The first-order valence-corrected chi connectivity index (χ1v) is 9.22. The van der Waals surface area contributed by atoms with Crippen LogP contribution < -0.4 is 10.6 Å². The molecule has 0 radical (unpaired) electrons. The lowest BCUT2D eigenvalue weighted by atomic mass is 10.3. The molecule has 2 N–H and O–H groups in total. The highest BCUT2D eigenvalue weighted by atomic mass is 32.2. The summed E-state index contributed by atoms with van der Waals surface area (Å²) in [5, 5.41) is 6.31. The lowest BCUT2D eigenvalue weighted by Crippen LogP contribution is -2.44. The van der Waals surface area contributed by atoms with Crippen LogP contribution in [-0.2, 0) is 14.6 Å². The van der Waals surface area contributed by atoms with Gasteiger partial charge in [0.1, 0.15) is 0 Å². The van der Waals surface area contributed by atoms with Crippen LogP contribution in [0.15, 0.2) is 4.99 Å². The van der Waals surface area contributed by atoms with Gasteiger partial charge in [0.2, 0.25) is 0 Å². The second-order valence-electron chi connectivity index (χ2n) is 4.97. The largest absolute Gasteiger partial charge is 0.380 e. The fourth-order valence-corrected chi connectivity index (χ4v) is 3.67. The topological polar surface area (TPSA) is 79.8 Å². The minimum Gasteiger partial charge on any atom is -0.380 e. The zero-order chi connectivity index (χ0) is 14.8. The molecule has 0 aromatic rings. The molecule has 0 aliphatic carbocycles. The Morgan fingerprint density at radius 2 is 2.15 bits per heavy atom. The third-order valence-corrected chi connectivity index (χ3v) is 4.83. The Balaban J connectivity index is 2.32. The maximum absolute atomic E-state index is 11.4. The molecule has 20 heavy (non-hydrogen) atoms. The number of guanidine groups is 1. The summed E-state index contributed by atoms with van der Waals surface area (Å²) in [4.78, 5) is 4.40. The molecule has 0 aromatic heterocycles. The maximum Gasteiger partial charge on any atom is 0.191 e. The first kappa shape index (κ1) is 17.2. The van der Waals surface area contributed by atoms with Gasteiger partial charge in [0.05, 0.1) is 24.7 Å². The second kappa shape index (κ2) is 9.18. The van der Waals surface area contributed by atoms with Crippen molar-refractivity contribution in [2.75, 3.05) is 37.8 Å². The number of aliphatic imine (C=N–C) groups is 1. The van der Waals surface area contributed by atoms with E-state index in [0.29, 0.717) is 25.5 Å². The summed E-state index contributed by atoms with van der Waals surface area (Å²) in [6, 6.07) is -0.0289. The monoisotopic (exact) mass is 305 g/mol. The van der Waals surface area contributed by atoms with E-state index in [4.69, 9.17) is 4.74 Å². The second-order valence-corrected chi connectivity index (χ2v) is 7.20. The zero-order valence-corrected chi connectivity index (χ0v) is 13.3. The van der Waals surface area contributed by atoms with Gasteiger partial charge in [-0.15, -0.1) is 0 Å². The quantitative estimate of drug-likeness (QED) is 0.389. The number of sulfone groups is 1. The average Bonchev–Trinajstić information content (AvgIpc) is 2.73. The molecule has 1 saturated heterocycles. The number of nitrogens with zero attached hydrogens (tertiary/aromatic N) is 1. The molecule has 1 fully saturated rings. The molecular formula is C13H27N3O3S. The lowest BCUT2D eigenvalue weighted by Gasteiger charge is -2.15. The van der Waals surface area contributed by atoms with E-state index in [9.17, 15) is 8.42 Å². The lowest BCUT2D eigenvalue weighted by molar-refractivity contribution is 0.139. The molecule has 1 unspecified atom stereocenters. The van der Waals surface area contributed by atoms with Crippen LogP contribution in [0.1, 0.15) is 33.1 Å². The molecule has 1 rings (SSSR count). The molecule has 1 heterocycles. The summed E-state index contributed by atoms with van der Waals surface area (Å²) in [7, 11) is -2.86. The van der Waals surface area contributed by atoms with Crippen molar-refractivity contribution in [3.05, 3.63) is 0 Å². The van der Waals surface area contributed by atoms with Crippen molar-refractivity contribution in [2.45, 2.75) is 39.2 Å². The van der Waals surface area contributed by atoms with Crippen LogP contribution in [0.3, 0.4) is 0 Å². The highest BCUT2D eigenvalue weighted by molar-refractivity contribution is 7.91. The van der Waals surface area contributed by atoms with Crippen molar-refractivity contribution in [3.63, 3.8) is 0 Å². The molecule has 6 nitrogen and oxygen atoms in total. The Labute approximate surface area is 122 Å². The molecule has 0 amide bonds. The molecule has 7 heteroatoms. The molecular weight excluding hydrogens is 278 g/mol. The van der Waals surface area contributed by atoms with E-state index < -0.39 is 9.84 Å². The highest BCUT2D eigenvalue weighted by Gasteiger charge is 2.28.